The predicted octanol–water partition coefficient (Wildman–Crippen LogP) is 6.37. The van der Waals surface area contributed by atoms with Crippen LogP contribution in [0.1, 0.15) is 44.7 Å². The summed E-state index contributed by atoms with van der Waals surface area (Å²) >= 11 is 0. The summed E-state index contributed by atoms with van der Waals surface area (Å²) < 4.78 is 0. The number of hydrogen-bond donors (Lipinski definition) is 0. The van der Waals surface area contributed by atoms with Crippen molar-refractivity contribution in [3.05, 3.63) is 130 Å². The number of rotatable bonds is 3. The van der Waals surface area contributed by atoms with Crippen LogP contribution in [0.5, 0.6) is 0 Å². The Labute approximate surface area is 175 Å². The van der Waals surface area contributed by atoms with Crippen molar-refractivity contribution in [3.8, 4) is 0 Å². The van der Waals surface area contributed by atoms with Gasteiger partial charge in [0.1, 0.15) is 0 Å². The van der Waals surface area contributed by atoms with Crippen LogP contribution in [-0.4, -0.2) is 11.6 Å². The third-order valence-electron chi connectivity index (χ3n) is 5.92. The van der Waals surface area contributed by atoms with Gasteiger partial charge >= 0.3 is 0 Å². The first-order chi connectivity index (χ1) is 14.6. The van der Waals surface area contributed by atoms with E-state index in [4.69, 9.17) is 0 Å². The van der Waals surface area contributed by atoms with E-state index in [-0.39, 0.29) is 17.5 Å². The molecule has 4 aromatic rings. The number of benzene rings is 4. The van der Waals surface area contributed by atoms with Crippen LogP contribution in [-0.2, 0) is 0 Å². The zero-order valence-electron chi connectivity index (χ0n) is 16.6. The van der Waals surface area contributed by atoms with Gasteiger partial charge in [-0.2, -0.15) is 0 Å². The zero-order valence-corrected chi connectivity index (χ0v) is 16.6. The minimum absolute atomic E-state index is 0.0643. The lowest BCUT2D eigenvalue weighted by molar-refractivity contribution is 0.0971. The van der Waals surface area contributed by atoms with E-state index in [1.54, 1.807) is 6.92 Å². The van der Waals surface area contributed by atoms with Crippen LogP contribution >= 0.6 is 0 Å². The highest BCUT2D eigenvalue weighted by Crippen LogP contribution is 2.40. The Morgan fingerprint density at radius 3 is 1.50 bits per heavy atom. The number of carbonyl (C=O) groups excluding carboxylic acids is 2. The van der Waals surface area contributed by atoms with Gasteiger partial charge < -0.3 is 0 Å². The third kappa shape index (κ3) is 2.89. The fourth-order valence-electron chi connectivity index (χ4n) is 4.42. The van der Waals surface area contributed by atoms with Crippen LogP contribution in [0.25, 0.3) is 10.8 Å². The van der Waals surface area contributed by atoms with E-state index < -0.39 is 0 Å². The molecule has 0 saturated carbocycles. The summed E-state index contributed by atoms with van der Waals surface area (Å²) in [5, 5.41) is 1.93. The summed E-state index contributed by atoms with van der Waals surface area (Å²) in [7, 11) is 0. The molecule has 1 aliphatic carbocycles. The van der Waals surface area contributed by atoms with Crippen LogP contribution in [0.15, 0.2) is 108 Å². The Bertz CT molecular complexity index is 1280. The number of hydrogen-bond acceptors (Lipinski definition) is 2. The van der Waals surface area contributed by atoms with Gasteiger partial charge in [-0.15, -0.1) is 0 Å². The summed E-state index contributed by atoms with van der Waals surface area (Å²) in [6.45, 7) is 1.78. The van der Waals surface area contributed by atoms with Crippen molar-refractivity contribution in [2.75, 3.05) is 0 Å². The minimum Gasteiger partial charge on any atom is -0.289 e. The van der Waals surface area contributed by atoms with Gasteiger partial charge in [0.25, 0.3) is 0 Å². The second kappa shape index (κ2) is 7.23. The molecule has 0 unspecified atom stereocenters. The molecular formula is C28H20O2. The highest BCUT2D eigenvalue weighted by Gasteiger charge is 2.35. The van der Waals surface area contributed by atoms with E-state index in [0.717, 1.165) is 21.9 Å². The van der Waals surface area contributed by atoms with Gasteiger partial charge in [0, 0.05) is 28.2 Å². The lowest BCUT2D eigenvalue weighted by Crippen LogP contribution is -2.25. The molecule has 0 atom stereocenters. The quantitative estimate of drug-likeness (QED) is 0.409. The van der Waals surface area contributed by atoms with Crippen LogP contribution in [0.4, 0.5) is 0 Å². The summed E-state index contributed by atoms with van der Waals surface area (Å²) in [6, 6.07) is 31.4. The number of allylic oxidation sites excluding steroid dienone is 2. The maximum Gasteiger partial charge on any atom is 0.191 e. The minimum atomic E-state index is -0.288. The summed E-state index contributed by atoms with van der Waals surface area (Å²) in [5.41, 5.74) is 4.10. The maximum absolute atomic E-state index is 13.8. The van der Waals surface area contributed by atoms with Gasteiger partial charge in [-0.3, -0.25) is 9.59 Å². The highest BCUT2D eigenvalue weighted by molar-refractivity contribution is 6.28. The molecule has 0 fully saturated rings. The summed E-state index contributed by atoms with van der Waals surface area (Å²) in [4.78, 5) is 27.2. The first kappa shape index (κ1) is 18.3. The highest BCUT2D eigenvalue weighted by atomic mass is 16.1. The predicted molar refractivity (Wildman–Crippen MR) is 120 cm³/mol. The molecule has 30 heavy (non-hydrogen) atoms. The smallest absolute Gasteiger partial charge is 0.191 e. The molecule has 0 aromatic heterocycles. The maximum atomic E-state index is 13.8. The third-order valence-corrected chi connectivity index (χ3v) is 5.92. The number of fused-ring (bicyclic) bond motifs is 2. The average molecular weight is 388 g/mol. The zero-order chi connectivity index (χ0) is 20.7. The summed E-state index contributed by atoms with van der Waals surface area (Å²) in [6.07, 6.45) is 0. The van der Waals surface area contributed by atoms with Crippen molar-refractivity contribution in [1.29, 1.82) is 0 Å². The van der Waals surface area contributed by atoms with E-state index in [1.807, 2.05) is 97.1 Å². The molecule has 0 aliphatic heterocycles. The van der Waals surface area contributed by atoms with Crippen molar-refractivity contribution >= 4 is 22.3 Å². The Balaban J connectivity index is 1.75. The average Bonchev–Trinajstić information content (AvgIpc) is 2.80. The first-order valence-electron chi connectivity index (χ1n) is 10.1. The standard InChI is InChI=1S/C28H20O2/c1-18-25(26(19-10-4-2-5-11-19)20-12-6-3-7-13-20)28(30)24-17-22-15-9-8-14-21(22)16-23(24)27(18)29/h2-17,26H,1H3. The van der Waals surface area contributed by atoms with Crippen molar-refractivity contribution in [2.24, 2.45) is 0 Å². The topological polar surface area (TPSA) is 34.1 Å². The van der Waals surface area contributed by atoms with E-state index in [9.17, 15) is 9.59 Å². The molecule has 0 heterocycles. The van der Waals surface area contributed by atoms with E-state index in [2.05, 4.69) is 0 Å². The number of ketones is 2. The number of carbonyl (C=O) groups is 2. The Morgan fingerprint density at radius 1 is 0.567 bits per heavy atom. The lowest BCUT2D eigenvalue weighted by Gasteiger charge is -2.27. The molecule has 4 aromatic carbocycles. The van der Waals surface area contributed by atoms with Crippen LogP contribution < -0.4 is 0 Å². The van der Waals surface area contributed by atoms with E-state index in [0.29, 0.717) is 22.3 Å². The molecule has 1 aliphatic rings. The molecule has 0 bridgehead atoms. The monoisotopic (exact) mass is 388 g/mol. The Kier molecular flexibility index (Phi) is 4.40. The molecular weight excluding hydrogens is 368 g/mol. The lowest BCUT2D eigenvalue weighted by atomic mass is 9.74. The first-order valence-corrected chi connectivity index (χ1v) is 10.1. The van der Waals surface area contributed by atoms with Gasteiger partial charge in [0.2, 0.25) is 0 Å². The van der Waals surface area contributed by atoms with Gasteiger partial charge in [-0.05, 0) is 41.0 Å². The van der Waals surface area contributed by atoms with Crippen molar-refractivity contribution in [2.45, 2.75) is 12.8 Å². The second-order valence-corrected chi connectivity index (χ2v) is 7.70. The van der Waals surface area contributed by atoms with Crippen LogP contribution in [0.2, 0.25) is 0 Å². The molecule has 5 rings (SSSR count). The molecule has 0 radical (unpaired) electrons. The van der Waals surface area contributed by atoms with E-state index in [1.165, 1.54) is 0 Å². The fourth-order valence-corrected chi connectivity index (χ4v) is 4.42. The number of Topliss-reactive ketones (excluding diaryl/α,β-unsaturated/α-hetero) is 2. The van der Waals surface area contributed by atoms with Gasteiger partial charge in [0.15, 0.2) is 11.6 Å². The molecule has 0 saturated heterocycles. The van der Waals surface area contributed by atoms with Crippen LogP contribution in [0, 0.1) is 0 Å². The van der Waals surface area contributed by atoms with Crippen molar-refractivity contribution in [3.63, 3.8) is 0 Å². The summed E-state index contributed by atoms with van der Waals surface area (Å²) in [5.74, 6) is -0.420. The normalized spacial score (nSPS) is 13.8. The Hall–Kier alpha value is -3.78. The molecule has 0 N–H and O–H groups in total. The molecule has 0 amide bonds. The van der Waals surface area contributed by atoms with Gasteiger partial charge in [-0.25, -0.2) is 0 Å². The van der Waals surface area contributed by atoms with E-state index >= 15 is 0 Å². The van der Waals surface area contributed by atoms with Gasteiger partial charge in [0.05, 0.1) is 0 Å². The fraction of sp³-hybridized carbons (Fsp3) is 0.0714. The largest absolute Gasteiger partial charge is 0.289 e. The SMILES string of the molecule is CC1=C(C(c2ccccc2)c2ccccc2)C(=O)c2cc3ccccc3cc2C1=O. The van der Waals surface area contributed by atoms with Crippen molar-refractivity contribution in [1.82, 2.24) is 0 Å². The van der Waals surface area contributed by atoms with Crippen LogP contribution in [0.3, 0.4) is 0 Å². The van der Waals surface area contributed by atoms with Crippen molar-refractivity contribution < 1.29 is 9.59 Å². The molecule has 2 nitrogen and oxygen atoms in total. The Morgan fingerprint density at radius 2 is 1.00 bits per heavy atom. The van der Waals surface area contributed by atoms with Gasteiger partial charge in [-0.1, -0.05) is 84.9 Å². The molecule has 144 valence electrons. The second-order valence-electron chi connectivity index (χ2n) is 7.70. The molecule has 2 heteroatoms. The molecule has 0 spiro atoms.